The van der Waals surface area contributed by atoms with Crippen molar-refractivity contribution in [1.29, 1.82) is 0 Å². The molecule has 0 rings (SSSR count). The molecule has 3 nitrogen and oxygen atoms in total. The van der Waals surface area contributed by atoms with Crippen LogP contribution in [0.1, 0.15) is 105 Å². The topological polar surface area (TPSA) is 43.4 Å². The average Bonchev–Trinajstić information content (AvgIpc) is 2.70. The summed E-state index contributed by atoms with van der Waals surface area (Å²) in [6.07, 6.45) is 23.4. The van der Waals surface area contributed by atoms with Gasteiger partial charge in [-0.1, -0.05) is 90.5 Å². The number of allylic oxidation sites excluding steroid dienone is 4. The third-order valence-corrected chi connectivity index (χ3v) is 5.76. The van der Waals surface area contributed by atoms with E-state index in [9.17, 15) is 9.90 Å². The molecule has 0 aliphatic carbocycles. The number of rotatable bonds is 20. The Labute approximate surface area is 210 Å². The fraction of sp³-hybridized carbons (Fsp3) is 0.808. The van der Waals surface area contributed by atoms with Crippen LogP contribution in [0.3, 0.4) is 0 Å². The molecule has 0 radical (unpaired) electrons. The van der Waals surface area contributed by atoms with Crippen molar-refractivity contribution in [2.24, 2.45) is 11.8 Å². The van der Waals surface area contributed by atoms with Crippen molar-refractivity contribution in [3.8, 4) is 0 Å². The Bertz CT molecular complexity index is 405. The number of aliphatic carboxylic acids is 1. The van der Waals surface area contributed by atoms with Crippen LogP contribution in [0.2, 0.25) is 0 Å². The molecular weight excluding hydrogens is 381 g/mol. The number of unbranched alkanes of at least 4 members (excludes halogenated alkanes) is 6. The second-order valence-electron chi connectivity index (χ2n) is 8.52. The van der Waals surface area contributed by atoms with E-state index in [-0.39, 0.29) is 36.1 Å². The molecule has 0 heterocycles. The van der Waals surface area contributed by atoms with Crippen LogP contribution in [0.5, 0.6) is 0 Å². The Morgan fingerprint density at radius 1 is 0.767 bits per heavy atom. The first-order valence-corrected chi connectivity index (χ1v) is 12.3. The molecule has 0 aromatic carbocycles. The molecule has 0 aromatic heterocycles. The van der Waals surface area contributed by atoms with Crippen LogP contribution in [-0.2, 0) is 4.79 Å². The largest absolute Gasteiger partial charge is 1.00 e. The molecule has 2 atom stereocenters. The maximum absolute atomic E-state index is 11.3. The molecule has 0 N–H and O–H groups in total. The van der Waals surface area contributed by atoms with Gasteiger partial charge in [-0.25, -0.2) is 0 Å². The van der Waals surface area contributed by atoms with Crippen LogP contribution in [0, 0.1) is 11.8 Å². The summed E-state index contributed by atoms with van der Waals surface area (Å²) in [4.78, 5) is 13.4. The predicted octanol–water partition coefficient (Wildman–Crippen LogP) is 3.15. The summed E-state index contributed by atoms with van der Waals surface area (Å²) in [7, 11) is 0. The van der Waals surface area contributed by atoms with Crippen LogP contribution in [0.25, 0.3) is 0 Å². The molecule has 2 unspecified atom stereocenters. The average molecular weight is 430 g/mol. The second kappa shape index (κ2) is 23.6. The van der Waals surface area contributed by atoms with Crippen molar-refractivity contribution >= 4 is 5.97 Å². The van der Waals surface area contributed by atoms with Crippen molar-refractivity contribution in [1.82, 2.24) is 4.90 Å². The number of hydrogen-bond acceptors (Lipinski definition) is 3. The SMILES string of the molecule is CCCCC/C=C/CC(CC)CN(CC(=O)[O-])CC(CC)C/C=C/CCCCC.[Na+]. The molecule has 0 bridgehead atoms. The zero-order chi connectivity index (χ0) is 21.7. The van der Waals surface area contributed by atoms with Crippen molar-refractivity contribution < 1.29 is 39.5 Å². The van der Waals surface area contributed by atoms with Gasteiger partial charge in [-0.05, 0) is 50.4 Å². The van der Waals surface area contributed by atoms with Crippen LogP contribution in [0.4, 0.5) is 0 Å². The predicted molar refractivity (Wildman–Crippen MR) is 125 cm³/mol. The third kappa shape index (κ3) is 19.8. The molecule has 0 spiro atoms. The maximum Gasteiger partial charge on any atom is 1.00 e. The molecular formula is C26H48NNaO2. The van der Waals surface area contributed by atoms with E-state index in [1.165, 1.54) is 38.5 Å². The van der Waals surface area contributed by atoms with E-state index in [0.717, 1.165) is 51.6 Å². The van der Waals surface area contributed by atoms with Gasteiger partial charge < -0.3 is 9.90 Å². The monoisotopic (exact) mass is 429 g/mol. The molecule has 0 aliphatic heterocycles. The molecule has 4 heteroatoms. The van der Waals surface area contributed by atoms with Gasteiger partial charge in [0.05, 0.1) is 5.97 Å². The molecule has 0 saturated heterocycles. The number of carboxylic acids is 1. The van der Waals surface area contributed by atoms with Crippen molar-refractivity contribution in [3.05, 3.63) is 24.3 Å². The summed E-state index contributed by atoms with van der Waals surface area (Å²) >= 11 is 0. The minimum Gasteiger partial charge on any atom is -0.549 e. The Hall–Kier alpha value is -0.0900. The summed E-state index contributed by atoms with van der Waals surface area (Å²) in [6, 6.07) is 0. The van der Waals surface area contributed by atoms with E-state index in [4.69, 9.17) is 0 Å². The van der Waals surface area contributed by atoms with Crippen molar-refractivity contribution in [2.45, 2.75) is 105 Å². The third-order valence-electron chi connectivity index (χ3n) is 5.76. The Kier molecular flexibility index (Phi) is 25.2. The molecule has 170 valence electrons. The van der Waals surface area contributed by atoms with Gasteiger partial charge in [0.1, 0.15) is 0 Å². The van der Waals surface area contributed by atoms with Crippen molar-refractivity contribution in [3.63, 3.8) is 0 Å². The molecule has 0 aromatic rings. The first-order valence-electron chi connectivity index (χ1n) is 12.3. The standard InChI is InChI=1S/C26H49NO2.Na/c1-5-9-11-13-15-17-19-24(7-3)21-27(23-26(28)29)22-25(8-4)20-18-16-14-12-10-6-2;/h15-18,24-25H,5-14,19-23H2,1-4H3,(H,28,29);/q;+1/p-1/b17-15+,18-16+;. The Morgan fingerprint density at radius 2 is 1.20 bits per heavy atom. The zero-order valence-electron chi connectivity index (χ0n) is 20.8. The van der Waals surface area contributed by atoms with Gasteiger partial charge in [0.25, 0.3) is 0 Å². The summed E-state index contributed by atoms with van der Waals surface area (Å²) in [5.74, 6) is 0.0673. The number of carboxylic acid groups (broad SMARTS) is 1. The summed E-state index contributed by atoms with van der Waals surface area (Å²) in [6.45, 7) is 10.6. The molecule has 0 aliphatic rings. The molecule has 0 saturated carbocycles. The van der Waals surface area contributed by atoms with E-state index < -0.39 is 5.97 Å². The van der Waals surface area contributed by atoms with Crippen molar-refractivity contribution in [2.75, 3.05) is 19.6 Å². The first-order chi connectivity index (χ1) is 14.1. The normalized spacial score (nSPS) is 13.8. The first kappa shape index (κ1) is 32.1. The van der Waals surface area contributed by atoms with E-state index >= 15 is 0 Å². The van der Waals surface area contributed by atoms with Gasteiger partial charge in [-0.3, -0.25) is 4.90 Å². The smallest absolute Gasteiger partial charge is 0.549 e. The van der Waals surface area contributed by atoms with Gasteiger partial charge in [-0.2, -0.15) is 0 Å². The Balaban J connectivity index is 0. The summed E-state index contributed by atoms with van der Waals surface area (Å²) in [5, 5.41) is 11.3. The zero-order valence-corrected chi connectivity index (χ0v) is 22.8. The van der Waals surface area contributed by atoms with E-state index in [0.29, 0.717) is 11.8 Å². The van der Waals surface area contributed by atoms with E-state index in [1.54, 1.807) is 0 Å². The second-order valence-corrected chi connectivity index (χ2v) is 8.52. The fourth-order valence-electron chi connectivity index (χ4n) is 3.69. The van der Waals surface area contributed by atoms with Crippen LogP contribution in [0.15, 0.2) is 24.3 Å². The summed E-state index contributed by atoms with van der Waals surface area (Å²) in [5.41, 5.74) is 0. The van der Waals surface area contributed by atoms with Gasteiger partial charge in [0, 0.05) is 19.6 Å². The van der Waals surface area contributed by atoms with Crippen LogP contribution in [-0.4, -0.2) is 30.5 Å². The van der Waals surface area contributed by atoms with Gasteiger partial charge >= 0.3 is 29.6 Å². The minimum absolute atomic E-state index is 0. The number of nitrogens with zero attached hydrogens (tertiary/aromatic N) is 1. The summed E-state index contributed by atoms with van der Waals surface area (Å²) < 4.78 is 0. The van der Waals surface area contributed by atoms with Gasteiger partial charge in [-0.15, -0.1) is 0 Å². The van der Waals surface area contributed by atoms with E-state index in [2.05, 4.69) is 56.9 Å². The number of hydrogen-bond donors (Lipinski definition) is 0. The minimum atomic E-state index is -0.958. The Morgan fingerprint density at radius 3 is 1.53 bits per heavy atom. The fourth-order valence-corrected chi connectivity index (χ4v) is 3.69. The quantitative estimate of drug-likeness (QED) is 0.170. The number of carbonyl (C=O) groups excluding carboxylic acids is 1. The van der Waals surface area contributed by atoms with E-state index in [1.807, 2.05) is 0 Å². The van der Waals surface area contributed by atoms with Crippen LogP contribution >= 0.6 is 0 Å². The molecule has 0 fully saturated rings. The van der Waals surface area contributed by atoms with Crippen LogP contribution < -0.4 is 34.7 Å². The van der Waals surface area contributed by atoms with Gasteiger partial charge in [0.15, 0.2) is 0 Å². The number of carbonyl (C=O) groups is 1. The molecule has 0 amide bonds. The van der Waals surface area contributed by atoms with Gasteiger partial charge in [0.2, 0.25) is 0 Å². The maximum atomic E-state index is 11.3. The molecule has 30 heavy (non-hydrogen) atoms.